The summed E-state index contributed by atoms with van der Waals surface area (Å²) >= 11 is 0. The number of urea groups is 1. The maximum absolute atomic E-state index is 11.7. The fourth-order valence-electron chi connectivity index (χ4n) is 1.44. The van der Waals surface area contributed by atoms with E-state index in [4.69, 9.17) is 10.5 Å². The number of benzene rings is 1. The van der Waals surface area contributed by atoms with Crippen molar-refractivity contribution in [3.8, 4) is 0 Å². The Balaban J connectivity index is 2.55. The molecule has 1 aromatic carbocycles. The monoisotopic (exact) mass is 265 g/mol. The molecule has 0 aliphatic rings. The molecule has 0 aromatic heterocycles. The number of ether oxygens (including phenoxy) is 1. The number of nitrogens with two attached hydrogens (primary N) is 1. The molecule has 0 aliphatic carbocycles. The average Bonchev–Trinajstić information content (AvgIpc) is 2.37. The lowest BCUT2D eigenvalue weighted by Gasteiger charge is -2.23. The van der Waals surface area contributed by atoms with Crippen LogP contribution in [0.5, 0.6) is 0 Å². The largest absolute Gasteiger partial charge is 0.377 e. The highest BCUT2D eigenvalue weighted by molar-refractivity contribution is 5.89. The summed E-state index contributed by atoms with van der Waals surface area (Å²) in [5, 5.41) is 5.54. The van der Waals surface area contributed by atoms with E-state index >= 15 is 0 Å². The molecule has 0 fully saturated rings. The van der Waals surface area contributed by atoms with E-state index in [1.807, 2.05) is 45.0 Å². The fraction of sp³-hybridized carbons (Fsp3) is 0.500. The Labute approximate surface area is 114 Å². The van der Waals surface area contributed by atoms with E-state index in [0.29, 0.717) is 6.54 Å². The molecule has 1 unspecified atom stereocenters. The fourth-order valence-corrected chi connectivity index (χ4v) is 1.44. The van der Waals surface area contributed by atoms with Crippen molar-refractivity contribution < 1.29 is 9.53 Å². The Morgan fingerprint density at radius 2 is 2.16 bits per heavy atom. The van der Waals surface area contributed by atoms with Gasteiger partial charge in [-0.25, -0.2) is 4.79 Å². The Morgan fingerprint density at radius 1 is 1.47 bits per heavy atom. The molecule has 2 amide bonds. The van der Waals surface area contributed by atoms with Gasteiger partial charge in [-0.15, -0.1) is 0 Å². The number of rotatable bonds is 5. The molecule has 0 heterocycles. The maximum atomic E-state index is 11.7. The van der Waals surface area contributed by atoms with Crippen LogP contribution in [-0.2, 0) is 4.74 Å². The number of nitrogens with one attached hydrogen (secondary N) is 2. The SMILES string of the molecule is COC(C)(C)CNC(=O)Nc1cccc(C(C)N)c1. The summed E-state index contributed by atoms with van der Waals surface area (Å²) in [7, 11) is 1.62. The summed E-state index contributed by atoms with van der Waals surface area (Å²) in [6, 6.07) is 7.18. The Kier molecular flexibility index (Phi) is 5.32. The molecule has 19 heavy (non-hydrogen) atoms. The number of anilines is 1. The smallest absolute Gasteiger partial charge is 0.319 e. The zero-order valence-corrected chi connectivity index (χ0v) is 12.0. The van der Waals surface area contributed by atoms with E-state index in [9.17, 15) is 4.79 Å². The Hall–Kier alpha value is -1.59. The molecule has 0 radical (unpaired) electrons. The topological polar surface area (TPSA) is 76.4 Å². The van der Waals surface area contributed by atoms with Crippen molar-refractivity contribution in [2.75, 3.05) is 19.0 Å². The van der Waals surface area contributed by atoms with Gasteiger partial charge in [0.15, 0.2) is 0 Å². The van der Waals surface area contributed by atoms with Gasteiger partial charge in [0.25, 0.3) is 0 Å². The predicted molar refractivity (Wildman–Crippen MR) is 77.2 cm³/mol. The minimum atomic E-state index is -0.384. The molecule has 5 heteroatoms. The van der Waals surface area contributed by atoms with Crippen LogP contribution < -0.4 is 16.4 Å². The van der Waals surface area contributed by atoms with Gasteiger partial charge in [0.05, 0.1) is 5.60 Å². The second-order valence-corrected chi connectivity index (χ2v) is 5.19. The summed E-state index contributed by atoms with van der Waals surface area (Å²) in [6.07, 6.45) is 0. The van der Waals surface area contributed by atoms with Gasteiger partial charge >= 0.3 is 6.03 Å². The van der Waals surface area contributed by atoms with Crippen LogP contribution in [0.3, 0.4) is 0 Å². The highest BCUT2D eigenvalue weighted by atomic mass is 16.5. The lowest BCUT2D eigenvalue weighted by molar-refractivity contribution is 0.0257. The minimum Gasteiger partial charge on any atom is -0.377 e. The van der Waals surface area contributed by atoms with Crippen LogP contribution in [0.1, 0.15) is 32.4 Å². The number of hydrogen-bond donors (Lipinski definition) is 3. The van der Waals surface area contributed by atoms with Gasteiger partial charge in [-0.05, 0) is 38.5 Å². The number of amides is 2. The van der Waals surface area contributed by atoms with Crippen LogP contribution in [0.25, 0.3) is 0 Å². The molecule has 1 rings (SSSR count). The molecule has 4 N–H and O–H groups in total. The minimum absolute atomic E-state index is 0.0581. The highest BCUT2D eigenvalue weighted by Crippen LogP contribution is 2.15. The van der Waals surface area contributed by atoms with Gasteiger partial charge in [0.1, 0.15) is 0 Å². The van der Waals surface area contributed by atoms with Crippen LogP contribution in [0.4, 0.5) is 10.5 Å². The van der Waals surface area contributed by atoms with Gasteiger partial charge < -0.3 is 21.1 Å². The molecule has 1 aromatic rings. The van der Waals surface area contributed by atoms with Crippen LogP contribution in [0.2, 0.25) is 0 Å². The first-order valence-electron chi connectivity index (χ1n) is 6.29. The molecule has 5 nitrogen and oxygen atoms in total. The van der Waals surface area contributed by atoms with Crippen LogP contribution in [-0.4, -0.2) is 25.3 Å². The normalized spacial score (nSPS) is 12.9. The maximum Gasteiger partial charge on any atom is 0.319 e. The summed E-state index contributed by atoms with van der Waals surface area (Å²) in [5.74, 6) is 0. The van der Waals surface area contributed by atoms with Crippen molar-refractivity contribution in [1.29, 1.82) is 0 Å². The van der Waals surface area contributed by atoms with Crippen LogP contribution >= 0.6 is 0 Å². The average molecular weight is 265 g/mol. The molecule has 0 aliphatic heterocycles. The predicted octanol–water partition coefficient (Wildman–Crippen LogP) is 2.25. The van der Waals surface area contributed by atoms with Gasteiger partial charge in [-0.2, -0.15) is 0 Å². The molecule has 1 atom stereocenters. The van der Waals surface area contributed by atoms with E-state index in [0.717, 1.165) is 11.3 Å². The van der Waals surface area contributed by atoms with Gasteiger partial charge in [0, 0.05) is 25.4 Å². The molecular weight excluding hydrogens is 242 g/mol. The zero-order chi connectivity index (χ0) is 14.5. The van der Waals surface area contributed by atoms with Crippen molar-refractivity contribution in [3.05, 3.63) is 29.8 Å². The number of carbonyl (C=O) groups excluding carboxylic acids is 1. The molecule has 0 saturated heterocycles. The first-order chi connectivity index (χ1) is 8.84. The van der Waals surface area contributed by atoms with Gasteiger partial charge in [-0.3, -0.25) is 0 Å². The molecular formula is C14H23N3O2. The van der Waals surface area contributed by atoms with E-state index in [-0.39, 0.29) is 17.7 Å². The van der Waals surface area contributed by atoms with Gasteiger partial charge in [0.2, 0.25) is 0 Å². The van der Waals surface area contributed by atoms with Crippen LogP contribution in [0.15, 0.2) is 24.3 Å². The third-order valence-corrected chi connectivity index (χ3v) is 2.90. The summed E-state index contributed by atoms with van der Waals surface area (Å²) in [6.45, 7) is 6.15. The lowest BCUT2D eigenvalue weighted by Crippen LogP contribution is -2.41. The molecule has 0 spiro atoms. The second-order valence-electron chi connectivity index (χ2n) is 5.19. The second kappa shape index (κ2) is 6.54. The van der Waals surface area contributed by atoms with E-state index in [1.165, 1.54) is 0 Å². The van der Waals surface area contributed by atoms with Crippen molar-refractivity contribution in [2.24, 2.45) is 5.73 Å². The van der Waals surface area contributed by atoms with Crippen molar-refractivity contribution in [1.82, 2.24) is 5.32 Å². The standard InChI is InChI=1S/C14H23N3O2/c1-10(15)11-6-5-7-12(8-11)17-13(18)16-9-14(2,3)19-4/h5-8,10H,9,15H2,1-4H3,(H2,16,17,18). The number of hydrogen-bond acceptors (Lipinski definition) is 3. The summed E-state index contributed by atoms with van der Waals surface area (Å²) < 4.78 is 5.23. The lowest BCUT2D eigenvalue weighted by atomic mass is 10.1. The summed E-state index contributed by atoms with van der Waals surface area (Å²) in [4.78, 5) is 11.7. The third-order valence-electron chi connectivity index (χ3n) is 2.90. The van der Waals surface area contributed by atoms with E-state index in [1.54, 1.807) is 7.11 Å². The zero-order valence-electron chi connectivity index (χ0n) is 12.0. The van der Waals surface area contributed by atoms with Crippen LogP contribution in [0, 0.1) is 0 Å². The Morgan fingerprint density at radius 3 is 2.74 bits per heavy atom. The van der Waals surface area contributed by atoms with E-state index in [2.05, 4.69) is 10.6 Å². The first kappa shape index (κ1) is 15.5. The molecule has 0 saturated carbocycles. The molecule has 106 valence electrons. The van der Waals surface area contributed by atoms with Crippen molar-refractivity contribution in [2.45, 2.75) is 32.4 Å². The molecule has 0 bridgehead atoms. The first-order valence-corrected chi connectivity index (χ1v) is 6.29. The highest BCUT2D eigenvalue weighted by Gasteiger charge is 2.17. The quantitative estimate of drug-likeness (QED) is 0.764. The number of methoxy groups -OCH3 is 1. The van der Waals surface area contributed by atoms with Crippen molar-refractivity contribution in [3.63, 3.8) is 0 Å². The number of carbonyl (C=O) groups is 1. The third kappa shape index (κ3) is 5.28. The van der Waals surface area contributed by atoms with Gasteiger partial charge in [-0.1, -0.05) is 12.1 Å². The summed E-state index contributed by atoms with van der Waals surface area (Å²) in [5.41, 5.74) is 7.12. The van der Waals surface area contributed by atoms with E-state index < -0.39 is 0 Å². The van der Waals surface area contributed by atoms with Crippen molar-refractivity contribution >= 4 is 11.7 Å². The Bertz CT molecular complexity index is 430.